The van der Waals surface area contributed by atoms with Crippen LogP contribution in [0.3, 0.4) is 0 Å². The molecule has 14 heavy (non-hydrogen) atoms. The summed E-state index contributed by atoms with van der Waals surface area (Å²) in [7, 11) is 0. The van der Waals surface area contributed by atoms with E-state index in [4.69, 9.17) is 5.26 Å². The summed E-state index contributed by atoms with van der Waals surface area (Å²) in [5.74, 6) is 0. The van der Waals surface area contributed by atoms with Crippen LogP contribution in [-0.2, 0) is 0 Å². The van der Waals surface area contributed by atoms with Gasteiger partial charge in [-0.15, -0.1) is 0 Å². The third kappa shape index (κ3) is 1.46. The van der Waals surface area contributed by atoms with Gasteiger partial charge < -0.3 is 4.90 Å². The van der Waals surface area contributed by atoms with Crippen LogP contribution in [0.1, 0.15) is 19.4 Å². The van der Waals surface area contributed by atoms with Crippen LogP contribution >= 0.6 is 0 Å². The van der Waals surface area contributed by atoms with Gasteiger partial charge in [0.25, 0.3) is 0 Å². The van der Waals surface area contributed by atoms with Crippen molar-refractivity contribution in [2.75, 3.05) is 18.0 Å². The van der Waals surface area contributed by atoms with Crippen molar-refractivity contribution in [2.24, 2.45) is 5.41 Å². The van der Waals surface area contributed by atoms with Gasteiger partial charge in [0.05, 0.1) is 11.3 Å². The zero-order chi connectivity index (χ0) is 10.2. The van der Waals surface area contributed by atoms with E-state index in [-0.39, 0.29) is 0 Å². The van der Waals surface area contributed by atoms with Crippen LogP contribution in [0.2, 0.25) is 0 Å². The van der Waals surface area contributed by atoms with E-state index in [1.165, 1.54) is 0 Å². The lowest BCUT2D eigenvalue weighted by molar-refractivity contribution is 0.276. The Morgan fingerprint density at radius 3 is 2.50 bits per heavy atom. The standard InChI is InChI=1S/C12H14N2/c1-12(2)8-14(9-12)11-6-4-3-5-10(11)7-13/h3-6H,8-9H2,1-2H3. The predicted octanol–water partition coefficient (Wildman–Crippen LogP) is 2.40. The molecule has 72 valence electrons. The van der Waals surface area contributed by atoms with Gasteiger partial charge in [0.2, 0.25) is 0 Å². The van der Waals surface area contributed by atoms with Crippen molar-refractivity contribution in [3.8, 4) is 6.07 Å². The lowest BCUT2D eigenvalue weighted by atomic mass is 9.83. The molecule has 0 atom stereocenters. The zero-order valence-electron chi connectivity index (χ0n) is 8.62. The van der Waals surface area contributed by atoms with Crippen molar-refractivity contribution in [3.63, 3.8) is 0 Å². The Hall–Kier alpha value is -1.49. The first-order valence-electron chi connectivity index (χ1n) is 4.86. The lowest BCUT2D eigenvalue weighted by Crippen LogP contribution is -2.53. The van der Waals surface area contributed by atoms with Gasteiger partial charge in [-0.25, -0.2) is 0 Å². The third-order valence-electron chi connectivity index (χ3n) is 2.60. The van der Waals surface area contributed by atoms with Crippen LogP contribution in [0.25, 0.3) is 0 Å². The molecule has 1 aromatic carbocycles. The van der Waals surface area contributed by atoms with Crippen molar-refractivity contribution in [3.05, 3.63) is 29.8 Å². The highest BCUT2D eigenvalue weighted by Crippen LogP contribution is 2.34. The van der Waals surface area contributed by atoms with Gasteiger partial charge in [-0.2, -0.15) is 5.26 Å². The van der Waals surface area contributed by atoms with Crippen LogP contribution in [0, 0.1) is 16.7 Å². The van der Waals surface area contributed by atoms with Gasteiger partial charge in [-0.3, -0.25) is 0 Å². The predicted molar refractivity (Wildman–Crippen MR) is 57.2 cm³/mol. The highest BCUT2D eigenvalue weighted by Gasteiger charge is 2.34. The summed E-state index contributed by atoms with van der Waals surface area (Å²) < 4.78 is 0. The Labute approximate surface area is 84.8 Å². The van der Waals surface area contributed by atoms with Gasteiger partial charge in [0.15, 0.2) is 0 Å². The molecule has 1 saturated heterocycles. The molecule has 0 saturated carbocycles. The molecule has 2 heteroatoms. The Balaban J connectivity index is 2.23. The molecule has 0 amide bonds. The van der Waals surface area contributed by atoms with Gasteiger partial charge >= 0.3 is 0 Å². The Morgan fingerprint density at radius 2 is 1.93 bits per heavy atom. The van der Waals surface area contributed by atoms with E-state index in [1.54, 1.807) is 0 Å². The highest BCUT2D eigenvalue weighted by molar-refractivity contribution is 5.60. The number of hydrogen-bond acceptors (Lipinski definition) is 2. The molecule has 1 aliphatic rings. The molecule has 0 bridgehead atoms. The first-order chi connectivity index (χ1) is 6.62. The minimum atomic E-state index is 0.405. The average molecular weight is 186 g/mol. The maximum Gasteiger partial charge on any atom is 0.101 e. The number of para-hydroxylation sites is 1. The van der Waals surface area contributed by atoms with Gasteiger partial charge in [0.1, 0.15) is 6.07 Å². The number of anilines is 1. The summed E-state index contributed by atoms with van der Waals surface area (Å²) in [6, 6.07) is 10.0. The van der Waals surface area contributed by atoms with Crippen LogP contribution < -0.4 is 4.90 Å². The first kappa shape index (κ1) is 9.08. The van der Waals surface area contributed by atoms with Gasteiger partial charge in [0, 0.05) is 13.1 Å². The summed E-state index contributed by atoms with van der Waals surface area (Å²) in [4.78, 5) is 2.26. The van der Waals surface area contributed by atoms with Gasteiger partial charge in [-0.1, -0.05) is 26.0 Å². The molecule has 1 heterocycles. The zero-order valence-corrected chi connectivity index (χ0v) is 8.62. The molecule has 0 N–H and O–H groups in total. The lowest BCUT2D eigenvalue weighted by Gasteiger charge is -2.47. The SMILES string of the molecule is CC1(C)CN(c2ccccc2C#N)C1. The number of hydrogen-bond donors (Lipinski definition) is 0. The second-order valence-electron chi connectivity index (χ2n) is 4.65. The molecule has 0 spiro atoms. The van der Waals surface area contributed by atoms with E-state index < -0.39 is 0 Å². The van der Waals surface area contributed by atoms with Crippen molar-refractivity contribution >= 4 is 5.69 Å². The fourth-order valence-corrected chi connectivity index (χ4v) is 2.00. The minimum absolute atomic E-state index is 0.405. The third-order valence-corrected chi connectivity index (χ3v) is 2.60. The number of benzene rings is 1. The Morgan fingerprint density at radius 1 is 1.29 bits per heavy atom. The summed E-state index contributed by atoms with van der Waals surface area (Å²) >= 11 is 0. The maximum absolute atomic E-state index is 8.94. The van der Waals surface area contributed by atoms with Crippen molar-refractivity contribution in [1.29, 1.82) is 5.26 Å². The second kappa shape index (κ2) is 3.02. The van der Waals surface area contributed by atoms with Crippen LogP contribution in [0.5, 0.6) is 0 Å². The maximum atomic E-state index is 8.94. The van der Waals surface area contributed by atoms with E-state index in [0.717, 1.165) is 24.3 Å². The molecular weight excluding hydrogens is 172 g/mol. The van der Waals surface area contributed by atoms with E-state index in [1.807, 2.05) is 24.3 Å². The summed E-state index contributed by atoms with van der Waals surface area (Å²) in [6.07, 6.45) is 0. The molecule has 1 aliphatic heterocycles. The Kier molecular flexibility index (Phi) is 1.96. The molecule has 0 aliphatic carbocycles. The number of nitriles is 1. The van der Waals surface area contributed by atoms with Crippen molar-refractivity contribution < 1.29 is 0 Å². The highest BCUT2D eigenvalue weighted by atomic mass is 15.2. The monoisotopic (exact) mass is 186 g/mol. The minimum Gasteiger partial charge on any atom is -0.369 e. The van der Waals surface area contributed by atoms with Crippen LogP contribution in [0.15, 0.2) is 24.3 Å². The molecule has 0 aromatic heterocycles. The second-order valence-corrected chi connectivity index (χ2v) is 4.65. The fraction of sp³-hybridized carbons (Fsp3) is 0.417. The topological polar surface area (TPSA) is 27.0 Å². The molecule has 0 radical (unpaired) electrons. The molecule has 2 nitrogen and oxygen atoms in total. The number of nitrogens with zero attached hydrogens (tertiary/aromatic N) is 2. The average Bonchev–Trinajstić information content (AvgIpc) is 2.14. The first-order valence-corrected chi connectivity index (χ1v) is 4.86. The van der Waals surface area contributed by atoms with Crippen LogP contribution in [-0.4, -0.2) is 13.1 Å². The Bertz CT molecular complexity index is 380. The number of rotatable bonds is 1. The molecule has 2 rings (SSSR count). The fourth-order valence-electron chi connectivity index (χ4n) is 2.00. The normalized spacial score (nSPS) is 18.5. The molecule has 1 fully saturated rings. The smallest absolute Gasteiger partial charge is 0.101 e. The summed E-state index contributed by atoms with van der Waals surface area (Å²) in [5.41, 5.74) is 2.26. The quantitative estimate of drug-likeness (QED) is 0.673. The van der Waals surface area contributed by atoms with E-state index in [2.05, 4.69) is 24.8 Å². The van der Waals surface area contributed by atoms with Crippen molar-refractivity contribution in [2.45, 2.75) is 13.8 Å². The van der Waals surface area contributed by atoms with Gasteiger partial charge in [-0.05, 0) is 17.5 Å². The summed E-state index contributed by atoms with van der Waals surface area (Å²) in [6.45, 7) is 6.59. The molecule has 1 aromatic rings. The molecule has 0 unspecified atom stereocenters. The van der Waals surface area contributed by atoms with E-state index >= 15 is 0 Å². The van der Waals surface area contributed by atoms with Crippen molar-refractivity contribution in [1.82, 2.24) is 0 Å². The molecular formula is C12H14N2. The largest absolute Gasteiger partial charge is 0.369 e. The van der Waals surface area contributed by atoms with Crippen LogP contribution in [0.4, 0.5) is 5.69 Å². The van der Waals surface area contributed by atoms with E-state index in [0.29, 0.717) is 5.41 Å². The van der Waals surface area contributed by atoms with E-state index in [9.17, 15) is 0 Å². The summed E-state index contributed by atoms with van der Waals surface area (Å²) in [5, 5.41) is 8.94.